The molecule has 6 rings (SSSR count). The molecule has 2 fully saturated rings. The maximum Gasteiger partial charge on any atom is 0.247 e. The number of fused-ring (bicyclic) bond motifs is 3. The number of nitrogens with zero attached hydrogens (tertiary/aromatic N) is 5. The van der Waals surface area contributed by atoms with E-state index in [1.54, 1.807) is 24.5 Å². The van der Waals surface area contributed by atoms with Crippen LogP contribution in [0.5, 0.6) is 0 Å². The van der Waals surface area contributed by atoms with Crippen molar-refractivity contribution >= 4 is 36.9 Å². The molecular formula is C24H30N6O4S2. The molecule has 0 amide bonds. The van der Waals surface area contributed by atoms with Crippen molar-refractivity contribution in [2.45, 2.75) is 74.8 Å². The van der Waals surface area contributed by atoms with Gasteiger partial charge in [0, 0.05) is 18.2 Å². The van der Waals surface area contributed by atoms with E-state index in [9.17, 15) is 16.8 Å². The minimum Gasteiger partial charge on any atom is -0.274 e. The molecule has 3 aliphatic rings. The fraction of sp³-hybridized carbons (Fsp3) is 0.542. The maximum atomic E-state index is 13.5. The van der Waals surface area contributed by atoms with Gasteiger partial charge in [-0.2, -0.15) is 0 Å². The third-order valence-electron chi connectivity index (χ3n) is 7.81. The molecule has 12 heteroatoms. The molecule has 0 bridgehead atoms. The first-order chi connectivity index (χ1) is 17.2. The van der Waals surface area contributed by atoms with Gasteiger partial charge in [-0.1, -0.05) is 37.1 Å². The lowest BCUT2D eigenvalue weighted by Gasteiger charge is -2.17. The van der Waals surface area contributed by atoms with Crippen LogP contribution in [-0.4, -0.2) is 56.9 Å². The van der Waals surface area contributed by atoms with Crippen LogP contribution in [-0.2, 0) is 20.0 Å². The van der Waals surface area contributed by atoms with Gasteiger partial charge in [-0.15, -0.1) is 10.2 Å². The van der Waals surface area contributed by atoms with Gasteiger partial charge in [-0.05, 0) is 51.0 Å². The van der Waals surface area contributed by atoms with Crippen LogP contribution >= 0.6 is 0 Å². The van der Waals surface area contributed by atoms with Crippen molar-refractivity contribution in [3.05, 3.63) is 48.1 Å². The van der Waals surface area contributed by atoms with E-state index in [-0.39, 0.29) is 23.1 Å². The van der Waals surface area contributed by atoms with Crippen molar-refractivity contribution in [1.82, 2.24) is 28.3 Å². The highest BCUT2D eigenvalue weighted by Gasteiger charge is 2.42. The van der Waals surface area contributed by atoms with Crippen LogP contribution in [0.3, 0.4) is 0 Å². The van der Waals surface area contributed by atoms with E-state index < -0.39 is 25.3 Å². The molecule has 0 radical (unpaired) electrons. The molecule has 3 aromatic heterocycles. The number of aromatic nitrogens is 5. The zero-order valence-corrected chi connectivity index (χ0v) is 21.9. The quantitative estimate of drug-likeness (QED) is 0.497. The summed E-state index contributed by atoms with van der Waals surface area (Å²) in [5.74, 6) is 0.959. The molecule has 36 heavy (non-hydrogen) atoms. The second-order valence-electron chi connectivity index (χ2n) is 10.3. The molecule has 0 aliphatic heterocycles. The predicted molar refractivity (Wildman–Crippen MR) is 137 cm³/mol. The highest BCUT2D eigenvalue weighted by molar-refractivity contribution is 7.91. The number of allylic oxidation sites excluding steroid dienone is 3. The van der Waals surface area contributed by atoms with Gasteiger partial charge >= 0.3 is 0 Å². The Morgan fingerprint density at radius 3 is 2.64 bits per heavy atom. The Bertz CT molecular complexity index is 1610. The van der Waals surface area contributed by atoms with Crippen LogP contribution < -0.4 is 4.72 Å². The summed E-state index contributed by atoms with van der Waals surface area (Å²) < 4.78 is 58.1. The summed E-state index contributed by atoms with van der Waals surface area (Å²) in [5, 5.41) is 7.90. The largest absolute Gasteiger partial charge is 0.274 e. The summed E-state index contributed by atoms with van der Waals surface area (Å²) in [6, 6.07) is 1.60. The standard InChI is InChI=1S/C24H30N6O4S2/c1-3-16-12-17(28-35(31,32)18-8-9-18)13-20(16)23-27-26-22-14-25-24-21(30(22)23)10-11-29(24)36(33,34)19-6-4-15(2)5-7-19/h4-6,10-11,14,16-20,28H,3,7-9,12-13H2,1-2H3/t16-,17+,19?,20+/m1/s1. The van der Waals surface area contributed by atoms with Gasteiger partial charge in [0.05, 0.1) is 17.0 Å². The molecule has 0 aromatic carbocycles. The molecule has 1 unspecified atom stereocenters. The third-order valence-corrected chi connectivity index (χ3v) is 11.8. The Labute approximate surface area is 210 Å². The molecule has 1 N–H and O–H groups in total. The van der Waals surface area contributed by atoms with E-state index >= 15 is 0 Å². The monoisotopic (exact) mass is 530 g/mol. The van der Waals surface area contributed by atoms with Gasteiger partial charge in [0.25, 0.3) is 0 Å². The number of hydrogen-bond acceptors (Lipinski definition) is 7. The fourth-order valence-electron chi connectivity index (χ4n) is 5.67. The van der Waals surface area contributed by atoms with Gasteiger partial charge in [-0.25, -0.2) is 30.5 Å². The first kappa shape index (κ1) is 23.8. The zero-order valence-electron chi connectivity index (χ0n) is 20.3. The van der Waals surface area contributed by atoms with Crippen molar-refractivity contribution < 1.29 is 16.8 Å². The minimum absolute atomic E-state index is 0.00292. The van der Waals surface area contributed by atoms with Crippen molar-refractivity contribution in [2.75, 3.05) is 0 Å². The summed E-state index contributed by atoms with van der Waals surface area (Å²) in [6.07, 6.45) is 12.7. The smallest absolute Gasteiger partial charge is 0.247 e. The topological polar surface area (TPSA) is 128 Å². The van der Waals surface area contributed by atoms with Crippen molar-refractivity contribution in [3.8, 4) is 0 Å². The van der Waals surface area contributed by atoms with E-state index in [0.29, 0.717) is 29.7 Å². The van der Waals surface area contributed by atoms with Gasteiger partial charge < -0.3 is 0 Å². The van der Waals surface area contributed by atoms with Gasteiger partial charge in [-0.3, -0.25) is 4.40 Å². The maximum absolute atomic E-state index is 13.5. The molecule has 10 nitrogen and oxygen atoms in total. The van der Waals surface area contributed by atoms with Crippen molar-refractivity contribution in [1.29, 1.82) is 0 Å². The molecule has 3 heterocycles. The highest BCUT2D eigenvalue weighted by Crippen LogP contribution is 2.42. The van der Waals surface area contributed by atoms with Gasteiger partial charge in [0.1, 0.15) is 11.1 Å². The Hall–Kier alpha value is -2.57. The van der Waals surface area contributed by atoms with E-state index in [1.165, 1.54) is 3.97 Å². The van der Waals surface area contributed by atoms with Crippen molar-refractivity contribution in [3.63, 3.8) is 0 Å². The van der Waals surface area contributed by atoms with E-state index in [0.717, 1.165) is 37.1 Å². The fourth-order valence-corrected chi connectivity index (χ4v) is 8.79. The SMILES string of the molecule is CC[C@@H]1C[C@H](NS(=O)(=O)C2CC2)C[C@@H]1c1nnc2cnc3c(ccn3S(=O)(=O)C3C=CC(C)=CC3)n12. The third kappa shape index (κ3) is 3.90. The molecule has 2 saturated carbocycles. The van der Waals surface area contributed by atoms with Crippen LogP contribution in [0.15, 0.2) is 42.3 Å². The molecule has 0 saturated heterocycles. The first-order valence-electron chi connectivity index (χ1n) is 12.5. The normalized spacial score (nSPS) is 27.2. The second kappa shape index (κ2) is 8.49. The Kier molecular flexibility index (Phi) is 5.61. The summed E-state index contributed by atoms with van der Waals surface area (Å²) in [4.78, 5) is 4.44. The van der Waals surface area contributed by atoms with E-state index in [4.69, 9.17) is 0 Å². The summed E-state index contributed by atoms with van der Waals surface area (Å²) in [7, 11) is -6.99. The van der Waals surface area contributed by atoms with Crippen LogP contribution in [0, 0.1) is 5.92 Å². The lowest BCUT2D eigenvalue weighted by atomic mass is 9.93. The van der Waals surface area contributed by atoms with Crippen LogP contribution in [0.2, 0.25) is 0 Å². The molecule has 192 valence electrons. The Morgan fingerprint density at radius 2 is 1.94 bits per heavy atom. The number of sulfonamides is 1. The summed E-state index contributed by atoms with van der Waals surface area (Å²) in [5.41, 5.74) is 2.55. The summed E-state index contributed by atoms with van der Waals surface area (Å²) >= 11 is 0. The molecule has 3 aromatic rings. The van der Waals surface area contributed by atoms with E-state index in [2.05, 4.69) is 26.8 Å². The summed E-state index contributed by atoms with van der Waals surface area (Å²) in [6.45, 7) is 4.05. The highest BCUT2D eigenvalue weighted by atomic mass is 32.2. The molecule has 3 aliphatic carbocycles. The van der Waals surface area contributed by atoms with Gasteiger partial charge in [0.2, 0.25) is 20.0 Å². The Morgan fingerprint density at radius 1 is 1.14 bits per heavy atom. The van der Waals surface area contributed by atoms with Crippen LogP contribution in [0.1, 0.15) is 64.1 Å². The number of hydrogen-bond donors (Lipinski definition) is 1. The lowest BCUT2D eigenvalue weighted by Crippen LogP contribution is -2.35. The van der Waals surface area contributed by atoms with Crippen LogP contribution in [0.25, 0.3) is 16.8 Å². The number of nitrogens with one attached hydrogen (secondary N) is 1. The number of rotatable bonds is 7. The minimum atomic E-state index is -3.71. The zero-order chi connectivity index (χ0) is 25.2. The second-order valence-corrected chi connectivity index (χ2v) is 14.3. The molecule has 4 atom stereocenters. The predicted octanol–water partition coefficient (Wildman–Crippen LogP) is 2.89. The Balaban J connectivity index is 1.37. The average molecular weight is 531 g/mol. The molecular weight excluding hydrogens is 500 g/mol. The van der Waals surface area contributed by atoms with Gasteiger partial charge in [0.15, 0.2) is 11.3 Å². The van der Waals surface area contributed by atoms with Crippen LogP contribution in [0.4, 0.5) is 0 Å². The van der Waals surface area contributed by atoms with E-state index in [1.807, 2.05) is 23.5 Å². The first-order valence-corrected chi connectivity index (χ1v) is 15.6. The lowest BCUT2D eigenvalue weighted by molar-refractivity contribution is 0.449. The molecule has 0 spiro atoms. The average Bonchev–Trinajstić information content (AvgIpc) is 3.31. The van der Waals surface area contributed by atoms with Crippen molar-refractivity contribution in [2.24, 2.45) is 5.92 Å².